The van der Waals surface area contributed by atoms with Crippen molar-refractivity contribution >= 4 is 11.7 Å². The number of allylic oxidation sites excluding steroid dienone is 2. The zero-order chi connectivity index (χ0) is 28.8. The predicted octanol–water partition coefficient (Wildman–Crippen LogP) is 6.28. The van der Waals surface area contributed by atoms with Crippen LogP contribution >= 0.6 is 0 Å². The molecule has 2 N–H and O–H groups in total. The van der Waals surface area contributed by atoms with Gasteiger partial charge in [-0.15, -0.1) is 0 Å². The van der Waals surface area contributed by atoms with E-state index in [0.29, 0.717) is 0 Å². The second-order valence-electron chi connectivity index (χ2n) is 11.6. The Morgan fingerprint density at radius 2 is 2.03 bits per heavy atom. The number of pyridine rings is 1. The maximum Gasteiger partial charge on any atom is 0.129 e. The maximum atomic E-state index is 6.17. The number of methoxy groups -OCH3 is 1. The van der Waals surface area contributed by atoms with Crippen molar-refractivity contribution in [3.05, 3.63) is 60.2 Å². The first kappa shape index (κ1) is 32.6. The Hall–Kier alpha value is -2.64. The van der Waals surface area contributed by atoms with E-state index in [-0.39, 0.29) is 17.7 Å². The molecule has 1 aliphatic heterocycles. The summed E-state index contributed by atoms with van der Waals surface area (Å²) in [5.74, 6) is 2.64. The van der Waals surface area contributed by atoms with Crippen molar-refractivity contribution < 1.29 is 9.47 Å². The molecule has 39 heavy (non-hydrogen) atoms. The van der Waals surface area contributed by atoms with Gasteiger partial charge in [0.25, 0.3) is 0 Å². The normalized spacial score (nSPS) is 15.8. The van der Waals surface area contributed by atoms with E-state index in [1.165, 1.54) is 17.7 Å². The van der Waals surface area contributed by atoms with Gasteiger partial charge in [0.1, 0.15) is 17.2 Å². The quantitative estimate of drug-likeness (QED) is 0.0846. The Labute approximate surface area is 237 Å². The lowest BCUT2D eigenvalue weighted by atomic mass is 10.1. The fourth-order valence-corrected chi connectivity index (χ4v) is 4.51. The van der Waals surface area contributed by atoms with E-state index in [9.17, 15) is 0 Å². The third kappa shape index (κ3) is 12.8. The fourth-order valence-electron chi connectivity index (χ4n) is 4.51. The number of fused-ring (bicyclic) bond motifs is 1. The van der Waals surface area contributed by atoms with E-state index in [4.69, 9.17) is 14.5 Å². The average molecular weight is 540 g/mol. The number of hydrogen-bond acceptors (Lipinski definition) is 6. The predicted molar refractivity (Wildman–Crippen MR) is 165 cm³/mol. The number of hydrogen-bond donors (Lipinski definition) is 2. The monoisotopic (exact) mass is 539 g/mol. The molecule has 0 aromatic carbocycles. The van der Waals surface area contributed by atoms with Gasteiger partial charge in [0.15, 0.2) is 0 Å². The van der Waals surface area contributed by atoms with Gasteiger partial charge in [-0.2, -0.15) is 0 Å². The Kier molecular flexibility index (Phi) is 13.7. The molecule has 1 aromatic rings. The third-order valence-electron chi connectivity index (χ3n) is 6.75. The van der Waals surface area contributed by atoms with Gasteiger partial charge in [-0.05, 0) is 104 Å². The van der Waals surface area contributed by atoms with Gasteiger partial charge in [-0.1, -0.05) is 25.3 Å². The lowest BCUT2D eigenvalue weighted by Gasteiger charge is -2.31. The summed E-state index contributed by atoms with van der Waals surface area (Å²) >= 11 is 0. The molecule has 0 radical (unpaired) electrons. The number of nitrogens with zero attached hydrogens (tertiary/aromatic N) is 3. The number of ether oxygens (including phenoxy) is 2. The van der Waals surface area contributed by atoms with E-state index >= 15 is 0 Å². The number of aliphatic imine (C=N–C) groups is 1. The van der Waals surface area contributed by atoms with Gasteiger partial charge in [0, 0.05) is 38.6 Å². The van der Waals surface area contributed by atoms with Crippen LogP contribution in [-0.4, -0.2) is 66.8 Å². The molecular weight excluding hydrogens is 486 g/mol. The van der Waals surface area contributed by atoms with Crippen LogP contribution in [0.2, 0.25) is 0 Å². The molecule has 0 bridgehead atoms. The zero-order valence-corrected chi connectivity index (χ0v) is 25.6. The van der Waals surface area contributed by atoms with Crippen molar-refractivity contribution in [2.75, 3.05) is 38.6 Å². The molecule has 1 unspecified atom stereocenters. The van der Waals surface area contributed by atoms with E-state index in [0.717, 1.165) is 81.3 Å². The van der Waals surface area contributed by atoms with Crippen molar-refractivity contribution in [2.24, 2.45) is 4.99 Å². The van der Waals surface area contributed by atoms with Crippen molar-refractivity contribution in [1.82, 2.24) is 15.2 Å². The van der Waals surface area contributed by atoms with Crippen LogP contribution in [-0.2, 0) is 22.3 Å². The zero-order valence-electron chi connectivity index (χ0n) is 25.6. The van der Waals surface area contributed by atoms with Crippen molar-refractivity contribution in [3.63, 3.8) is 0 Å². The summed E-state index contributed by atoms with van der Waals surface area (Å²) in [7, 11) is 1.78. The number of nitrogens with one attached hydrogen (secondary N) is 2. The molecule has 0 saturated carbocycles. The van der Waals surface area contributed by atoms with E-state index < -0.39 is 0 Å². The largest absolute Gasteiger partial charge is 0.491 e. The average Bonchev–Trinajstić information content (AvgIpc) is 2.90. The molecule has 7 heteroatoms. The van der Waals surface area contributed by atoms with Crippen LogP contribution in [0.3, 0.4) is 0 Å². The Morgan fingerprint density at radius 3 is 2.72 bits per heavy atom. The van der Waals surface area contributed by atoms with Gasteiger partial charge in [0.05, 0.1) is 18.0 Å². The van der Waals surface area contributed by atoms with E-state index in [1.807, 2.05) is 40.8 Å². The number of unbranched alkanes of at least 4 members (excludes halogenated alkanes) is 1. The van der Waals surface area contributed by atoms with Gasteiger partial charge in [0.2, 0.25) is 0 Å². The molecule has 0 aliphatic carbocycles. The maximum absolute atomic E-state index is 6.17. The highest BCUT2D eigenvalue weighted by molar-refractivity contribution is 5.80. The molecule has 1 aliphatic rings. The van der Waals surface area contributed by atoms with Crippen LogP contribution in [0.4, 0.5) is 5.82 Å². The molecule has 1 aromatic heterocycles. The summed E-state index contributed by atoms with van der Waals surface area (Å²) in [5.41, 5.74) is 3.22. The molecule has 0 fully saturated rings. The summed E-state index contributed by atoms with van der Waals surface area (Å²) < 4.78 is 11.8. The van der Waals surface area contributed by atoms with E-state index in [2.05, 4.69) is 52.7 Å². The molecule has 0 saturated heterocycles. The molecule has 2 rings (SSSR count). The first-order chi connectivity index (χ1) is 18.5. The second-order valence-corrected chi connectivity index (χ2v) is 11.6. The van der Waals surface area contributed by atoms with Crippen LogP contribution in [0.1, 0.15) is 78.5 Å². The van der Waals surface area contributed by atoms with Crippen LogP contribution in [0, 0.1) is 0 Å². The van der Waals surface area contributed by atoms with Crippen LogP contribution in [0.25, 0.3) is 0 Å². The lowest BCUT2D eigenvalue weighted by Crippen LogP contribution is -2.41. The molecule has 218 valence electrons. The van der Waals surface area contributed by atoms with Crippen molar-refractivity contribution in [1.29, 1.82) is 0 Å². The minimum Gasteiger partial charge on any atom is -0.491 e. The second kappa shape index (κ2) is 16.5. The standard InChI is InChI=1S/C32H53N5O2/c1-10-24(2)22-34-27(5)35-30(26(4)39-32(6,7)8)18-21-37(23-25(3)38-9)20-12-11-15-29-17-16-28-14-13-19-33-31(28)36-29/h10,16-17,22,25,30H,1,4,11-15,18-21,23H2,2-3,5-9H3,(H,33,36)(H,34,35)/b24-22-/t25-,30?/m1/s1. The van der Waals surface area contributed by atoms with Crippen LogP contribution < -0.4 is 10.6 Å². The molecule has 7 nitrogen and oxygen atoms in total. The highest BCUT2D eigenvalue weighted by atomic mass is 16.5. The van der Waals surface area contributed by atoms with Gasteiger partial charge in [-0.25, -0.2) is 9.98 Å². The Bertz CT molecular complexity index is 979. The van der Waals surface area contributed by atoms with Crippen molar-refractivity contribution in [2.45, 2.75) is 97.8 Å². The third-order valence-corrected chi connectivity index (χ3v) is 6.75. The van der Waals surface area contributed by atoms with Crippen LogP contribution in [0.5, 0.6) is 0 Å². The first-order valence-electron chi connectivity index (χ1n) is 14.5. The van der Waals surface area contributed by atoms with Gasteiger partial charge in [-0.3, -0.25) is 0 Å². The number of anilines is 1. The smallest absolute Gasteiger partial charge is 0.129 e. The summed E-state index contributed by atoms with van der Waals surface area (Å²) in [5, 5.41) is 6.98. The highest BCUT2D eigenvalue weighted by Gasteiger charge is 2.22. The van der Waals surface area contributed by atoms with Gasteiger partial charge >= 0.3 is 0 Å². The number of aromatic nitrogens is 1. The summed E-state index contributed by atoms with van der Waals surface area (Å²) in [6.07, 6.45) is 10.1. The summed E-state index contributed by atoms with van der Waals surface area (Å²) in [6, 6.07) is 4.39. The highest BCUT2D eigenvalue weighted by Crippen LogP contribution is 2.21. The minimum atomic E-state index is -0.314. The lowest BCUT2D eigenvalue weighted by molar-refractivity contribution is 0.0383. The SMILES string of the molecule is C=C/C(C)=C\N=C(/C)NC(CCN(CCCCc1ccc2c(n1)NCCC2)C[C@@H](C)OC)C(=C)OC(C)(C)C. The summed E-state index contributed by atoms with van der Waals surface area (Å²) in [6.45, 7) is 24.1. The number of aryl methyl sites for hydroxylation is 2. The Morgan fingerprint density at radius 1 is 1.26 bits per heavy atom. The minimum absolute atomic E-state index is 0.0574. The van der Waals surface area contributed by atoms with E-state index in [1.54, 1.807) is 13.2 Å². The number of rotatable bonds is 16. The van der Waals surface area contributed by atoms with Crippen LogP contribution in [0.15, 0.2) is 53.9 Å². The Balaban J connectivity index is 1.99. The molecule has 0 amide bonds. The first-order valence-corrected chi connectivity index (χ1v) is 14.5. The molecule has 2 heterocycles. The number of amidine groups is 1. The topological polar surface area (TPSA) is 71.0 Å². The molecular formula is C32H53N5O2. The fraction of sp³-hybridized carbons (Fsp3) is 0.625. The summed E-state index contributed by atoms with van der Waals surface area (Å²) in [4.78, 5) is 11.9. The van der Waals surface area contributed by atoms with Gasteiger partial charge < -0.3 is 25.0 Å². The molecule has 2 atom stereocenters. The molecule has 0 spiro atoms. The van der Waals surface area contributed by atoms with Crippen molar-refractivity contribution in [3.8, 4) is 0 Å².